The molecule has 2 aromatic heterocycles. The van der Waals surface area contributed by atoms with Crippen LogP contribution in [0.25, 0.3) is 5.65 Å². The van der Waals surface area contributed by atoms with Crippen LogP contribution in [0.4, 0.5) is 5.82 Å². The maximum absolute atomic E-state index is 11.4. The molecule has 3 rings (SSSR count). The number of hydrogen-bond donors (Lipinski definition) is 2. The first-order valence-corrected chi connectivity index (χ1v) is 6.74. The van der Waals surface area contributed by atoms with E-state index in [0.717, 1.165) is 19.5 Å². The Morgan fingerprint density at radius 1 is 1.32 bits per heavy atom. The van der Waals surface area contributed by atoms with Crippen molar-refractivity contribution in [1.82, 2.24) is 24.7 Å². The Morgan fingerprint density at radius 3 is 3.00 bits per heavy atom. The molecule has 0 aliphatic carbocycles. The quantitative estimate of drug-likeness (QED) is 0.759. The van der Waals surface area contributed by atoms with Crippen LogP contribution < -0.4 is 11.0 Å². The van der Waals surface area contributed by atoms with Crippen LogP contribution in [0.2, 0.25) is 0 Å². The predicted molar refractivity (Wildman–Crippen MR) is 72.4 cm³/mol. The van der Waals surface area contributed by atoms with Crippen molar-refractivity contribution in [2.75, 3.05) is 31.5 Å². The summed E-state index contributed by atoms with van der Waals surface area (Å²) in [6, 6.07) is 3.61. The van der Waals surface area contributed by atoms with Crippen LogP contribution in [0.15, 0.2) is 16.9 Å². The number of aromatic amines is 1. The Morgan fingerprint density at radius 2 is 2.16 bits per heavy atom. The van der Waals surface area contributed by atoms with Gasteiger partial charge in [-0.25, -0.2) is 9.89 Å². The van der Waals surface area contributed by atoms with Gasteiger partial charge in [0.15, 0.2) is 5.65 Å². The molecular formula is C12H18N6O. The van der Waals surface area contributed by atoms with Gasteiger partial charge >= 0.3 is 5.69 Å². The molecule has 1 saturated heterocycles. The lowest BCUT2D eigenvalue weighted by Crippen LogP contribution is -2.22. The molecule has 7 nitrogen and oxygen atoms in total. The fourth-order valence-corrected chi connectivity index (χ4v) is 2.42. The van der Waals surface area contributed by atoms with Gasteiger partial charge in [0.05, 0.1) is 0 Å². The summed E-state index contributed by atoms with van der Waals surface area (Å²) in [5, 5.41) is 13.6. The monoisotopic (exact) mass is 262 g/mol. The maximum atomic E-state index is 11.4. The summed E-state index contributed by atoms with van der Waals surface area (Å²) in [5.74, 6) is 0.706. The molecule has 1 aliphatic rings. The maximum Gasteiger partial charge on any atom is 0.364 e. The standard InChI is InChI=1S/C12H18N6O/c19-12-15-14-11-5-4-10(16-18(11)12)13-6-3-9-17-7-1-2-8-17/h4-5H,1-3,6-9H2,(H,13,16)(H,15,19). The first kappa shape index (κ1) is 12.2. The zero-order valence-corrected chi connectivity index (χ0v) is 10.8. The van der Waals surface area contributed by atoms with Crippen molar-refractivity contribution in [2.45, 2.75) is 19.3 Å². The van der Waals surface area contributed by atoms with Crippen LogP contribution in [-0.2, 0) is 0 Å². The van der Waals surface area contributed by atoms with Crippen molar-refractivity contribution in [3.63, 3.8) is 0 Å². The van der Waals surface area contributed by atoms with Gasteiger partial charge in [0.25, 0.3) is 0 Å². The zero-order chi connectivity index (χ0) is 13.1. The van der Waals surface area contributed by atoms with Crippen molar-refractivity contribution in [2.24, 2.45) is 0 Å². The molecule has 19 heavy (non-hydrogen) atoms. The molecule has 102 valence electrons. The second-order valence-electron chi connectivity index (χ2n) is 4.85. The van der Waals surface area contributed by atoms with E-state index in [9.17, 15) is 4.79 Å². The molecule has 0 spiro atoms. The van der Waals surface area contributed by atoms with Gasteiger partial charge in [0.1, 0.15) is 5.82 Å². The third-order valence-electron chi connectivity index (χ3n) is 3.43. The minimum atomic E-state index is -0.310. The number of nitrogens with zero attached hydrogens (tertiary/aromatic N) is 4. The van der Waals surface area contributed by atoms with Crippen LogP contribution in [0.5, 0.6) is 0 Å². The average molecular weight is 262 g/mol. The Kier molecular flexibility index (Phi) is 3.45. The molecule has 0 atom stereocenters. The van der Waals surface area contributed by atoms with Gasteiger partial charge in [-0.15, -0.1) is 5.10 Å². The summed E-state index contributed by atoms with van der Waals surface area (Å²) in [7, 11) is 0. The minimum absolute atomic E-state index is 0.310. The van der Waals surface area contributed by atoms with E-state index in [1.165, 1.54) is 30.4 Å². The van der Waals surface area contributed by atoms with E-state index in [0.29, 0.717) is 11.5 Å². The van der Waals surface area contributed by atoms with Crippen molar-refractivity contribution in [3.05, 3.63) is 22.6 Å². The van der Waals surface area contributed by atoms with Gasteiger partial charge in [-0.2, -0.15) is 9.61 Å². The first-order chi connectivity index (χ1) is 9.33. The van der Waals surface area contributed by atoms with Gasteiger partial charge in [-0.1, -0.05) is 0 Å². The van der Waals surface area contributed by atoms with Gasteiger partial charge in [0.2, 0.25) is 0 Å². The highest BCUT2D eigenvalue weighted by Crippen LogP contribution is 2.08. The Labute approximate surface area is 110 Å². The highest BCUT2D eigenvalue weighted by molar-refractivity contribution is 5.42. The van der Waals surface area contributed by atoms with Crippen molar-refractivity contribution in [1.29, 1.82) is 0 Å². The Hall–Kier alpha value is -1.89. The van der Waals surface area contributed by atoms with Gasteiger partial charge < -0.3 is 10.2 Å². The summed E-state index contributed by atoms with van der Waals surface area (Å²) < 4.78 is 1.27. The molecule has 0 bridgehead atoms. The minimum Gasteiger partial charge on any atom is -0.369 e. The van der Waals surface area contributed by atoms with E-state index >= 15 is 0 Å². The van der Waals surface area contributed by atoms with Crippen LogP contribution in [0, 0.1) is 0 Å². The fourth-order valence-electron chi connectivity index (χ4n) is 2.42. The van der Waals surface area contributed by atoms with Crippen LogP contribution in [-0.4, -0.2) is 50.9 Å². The topological polar surface area (TPSA) is 78.3 Å². The smallest absolute Gasteiger partial charge is 0.364 e. The zero-order valence-electron chi connectivity index (χ0n) is 10.8. The van der Waals surface area contributed by atoms with Crippen molar-refractivity contribution in [3.8, 4) is 0 Å². The van der Waals surface area contributed by atoms with Crippen LogP contribution in [0.1, 0.15) is 19.3 Å². The van der Waals surface area contributed by atoms with Crippen LogP contribution in [0.3, 0.4) is 0 Å². The lowest BCUT2D eigenvalue weighted by Gasteiger charge is -2.14. The molecule has 1 aliphatic heterocycles. The molecule has 7 heteroatoms. The molecule has 0 aromatic carbocycles. The molecule has 0 amide bonds. The van der Waals surface area contributed by atoms with Crippen LogP contribution >= 0.6 is 0 Å². The highest BCUT2D eigenvalue weighted by atomic mass is 16.2. The molecule has 3 heterocycles. The number of fused-ring (bicyclic) bond motifs is 1. The molecule has 0 saturated carbocycles. The van der Waals surface area contributed by atoms with E-state index in [2.05, 4.69) is 25.5 Å². The summed E-state index contributed by atoms with van der Waals surface area (Å²) in [5.41, 5.74) is 0.225. The van der Waals surface area contributed by atoms with Gasteiger partial charge in [-0.05, 0) is 51.0 Å². The molecule has 2 aromatic rings. The van der Waals surface area contributed by atoms with E-state index in [1.54, 1.807) is 6.07 Å². The molecule has 0 radical (unpaired) electrons. The van der Waals surface area contributed by atoms with E-state index < -0.39 is 0 Å². The second-order valence-corrected chi connectivity index (χ2v) is 4.85. The summed E-state index contributed by atoms with van der Waals surface area (Å²) in [4.78, 5) is 13.9. The third kappa shape index (κ3) is 2.76. The molecule has 2 N–H and O–H groups in total. The predicted octanol–water partition coefficient (Wildman–Crippen LogP) is 0.315. The third-order valence-corrected chi connectivity index (χ3v) is 3.43. The number of hydrogen-bond acceptors (Lipinski definition) is 5. The number of rotatable bonds is 5. The highest BCUT2D eigenvalue weighted by Gasteiger charge is 2.10. The number of aromatic nitrogens is 4. The van der Waals surface area contributed by atoms with Crippen molar-refractivity contribution < 1.29 is 0 Å². The molecular weight excluding hydrogens is 244 g/mol. The van der Waals surface area contributed by atoms with E-state index in [1.807, 2.05) is 6.07 Å². The Balaban J connectivity index is 1.53. The largest absolute Gasteiger partial charge is 0.369 e. The SMILES string of the molecule is O=c1[nH]nc2ccc(NCCCN3CCCC3)nn12. The van der Waals surface area contributed by atoms with E-state index in [4.69, 9.17) is 0 Å². The molecule has 0 unspecified atom stereocenters. The number of H-pyrrole nitrogens is 1. The van der Waals surface area contributed by atoms with E-state index in [-0.39, 0.29) is 5.69 Å². The number of anilines is 1. The molecule has 1 fully saturated rings. The summed E-state index contributed by atoms with van der Waals surface area (Å²) in [6.07, 6.45) is 3.74. The number of nitrogens with one attached hydrogen (secondary N) is 2. The lowest BCUT2D eigenvalue weighted by molar-refractivity contribution is 0.337. The first-order valence-electron chi connectivity index (χ1n) is 6.74. The summed E-state index contributed by atoms with van der Waals surface area (Å²) >= 11 is 0. The summed E-state index contributed by atoms with van der Waals surface area (Å²) in [6.45, 7) is 4.45. The van der Waals surface area contributed by atoms with Crippen molar-refractivity contribution >= 4 is 11.5 Å². The average Bonchev–Trinajstić information content (AvgIpc) is 3.06. The lowest BCUT2D eigenvalue weighted by atomic mass is 10.4. The normalized spacial score (nSPS) is 16.2. The second kappa shape index (κ2) is 5.40. The fraction of sp³-hybridized carbons (Fsp3) is 0.583. The Bertz CT molecular complexity index is 598. The number of likely N-dealkylation sites (tertiary alicyclic amines) is 1. The van der Waals surface area contributed by atoms with Gasteiger partial charge in [0, 0.05) is 6.54 Å². The van der Waals surface area contributed by atoms with Gasteiger partial charge in [-0.3, -0.25) is 0 Å².